The molecule has 1 saturated heterocycles. The number of pyridine rings is 1. The van der Waals surface area contributed by atoms with Crippen molar-refractivity contribution < 1.29 is 9.84 Å². The lowest BCUT2D eigenvalue weighted by Crippen LogP contribution is -2.42. The summed E-state index contributed by atoms with van der Waals surface area (Å²) in [5.41, 5.74) is 8.92. The monoisotopic (exact) mass is 615 g/mol. The standard InChI is InChI=1S/C37H53N5O3/c1-7-42(32-14-12-31(13-15-32)40(5)6)35-22-30(29-10-8-28(9-11-29)24-41-16-18-45-19-17-41)21-33(27(35)4)36(43)38-23-34-25(2)20-26(3)39-37(34)44/h8-11,20-22,31-32,36,38,43H,7,12-19,23-24H2,1-6H3,(H,39,44)/t31-,32-,36?. The van der Waals surface area contributed by atoms with Crippen molar-refractivity contribution in [1.82, 2.24) is 20.1 Å². The molecular formula is C37H53N5O3. The van der Waals surface area contributed by atoms with Gasteiger partial charge in [0.1, 0.15) is 6.23 Å². The molecule has 0 amide bonds. The summed E-state index contributed by atoms with van der Waals surface area (Å²) in [4.78, 5) is 23.0. The molecule has 2 aromatic carbocycles. The van der Waals surface area contributed by atoms with E-state index in [4.69, 9.17) is 4.74 Å². The molecule has 1 unspecified atom stereocenters. The minimum absolute atomic E-state index is 0.110. The molecule has 1 aliphatic carbocycles. The first-order valence-electron chi connectivity index (χ1n) is 16.7. The Hall–Kier alpha value is -3.01. The minimum atomic E-state index is -0.924. The zero-order valence-electron chi connectivity index (χ0n) is 28.2. The van der Waals surface area contributed by atoms with Gasteiger partial charge in [-0.15, -0.1) is 0 Å². The van der Waals surface area contributed by atoms with E-state index in [-0.39, 0.29) is 12.1 Å². The van der Waals surface area contributed by atoms with E-state index >= 15 is 0 Å². The maximum atomic E-state index is 12.7. The van der Waals surface area contributed by atoms with Gasteiger partial charge in [0, 0.05) is 67.3 Å². The average Bonchev–Trinajstić information content (AvgIpc) is 3.02. The number of nitrogens with zero attached hydrogens (tertiary/aromatic N) is 3. The van der Waals surface area contributed by atoms with E-state index < -0.39 is 6.23 Å². The molecule has 0 bridgehead atoms. The van der Waals surface area contributed by atoms with Crippen LogP contribution in [0, 0.1) is 20.8 Å². The minimum Gasteiger partial charge on any atom is -0.379 e. The molecule has 1 atom stereocenters. The van der Waals surface area contributed by atoms with E-state index in [0.717, 1.165) is 85.7 Å². The molecule has 8 heteroatoms. The van der Waals surface area contributed by atoms with Crippen molar-refractivity contribution in [3.63, 3.8) is 0 Å². The van der Waals surface area contributed by atoms with Crippen LogP contribution in [0.15, 0.2) is 47.3 Å². The maximum Gasteiger partial charge on any atom is 0.252 e. The van der Waals surface area contributed by atoms with Crippen LogP contribution in [-0.4, -0.2) is 78.9 Å². The number of aliphatic hydroxyl groups is 1. The number of rotatable bonds is 11. The Kier molecular flexibility index (Phi) is 11.2. The summed E-state index contributed by atoms with van der Waals surface area (Å²) in [6, 6.07) is 16.4. The number of H-pyrrole nitrogens is 1. The van der Waals surface area contributed by atoms with Crippen molar-refractivity contribution in [2.75, 3.05) is 51.8 Å². The molecular weight excluding hydrogens is 562 g/mol. The number of benzene rings is 2. The van der Waals surface area contributed by atoms with Gasteiger partial charge < -0.3 is 24.6 Å². The predicted molar refractivity (Wildman–Crippen MR) is 184 cm³/mol. The molecule has 2 aliphatic rings. The number of aromatic amines is 1. The molecule has 0 spiro atoms. The van der Waals surface area contributed by atoms with Crippen LogP contribution in [0.3, 0.4) is 0 Å². The first-order chi connectivity index (χ1) is 21.6. The van der Waals surface area contributed by atoms with Crippen LogP contribution >= 0.6 is 0 Å². The number of ether oxygens (including phenoxy) is 1. The van der Waals surface area contributed by atoms with Gasteiger partial charge in [0.05, 0.1) is 13.2 Å². The van der Waals surface area contributed by atoms with Gasteiger partial charge in [-0.2, -0.15) is 0 Å². The zero-order chi connectivity index (χ0) is 32.1. The number of morpholine rings is 1. The van der Waals surface area contributed by atoms with Gasteiger partial charge in [-0.3, -0.25) is 15.0 Å². The normalized spacial score (nSPS) is 20.0. The summed E-state index contributed by atoms with van der Waals surface area (Å²) in [7, 11) is 4.38. The smallest absolute Gasteiger partial charge is 0.252 e. The molecule has 2 fully saturated rings. The number of hydrogen-bond acceptors (Lipinski definition) is 7. The number of aryl methyl sites for hydroxylation is 2. The fraction of sp³-hybridized carbons (Fsp3) is 0.541. The SMILES string of the molecule is CCN(c1cc(-c2ccc(CN3CCOCC3)cc2)cc(C(O)NCc2c(C)cc(C)[nH]c2=O)c1C)[C@H]1CC[C@H](N(C)C)CC1. The lowest BCUT2D eigenvalue weighted by Gasteiger charge is -2.40. The average molecular weight is 616 g/mol. The number of anilines is 1. The summed E-state index contributed by atoms with van der Waals surface area (Å²) in [6.45, 7) is 13.8. The zero-order valence-corrected chi connectivity index (χ0v) is 28.2. The second-order valence-corrected chi connectivity index (χ2v) is 13.2. The summed E-state index contributed by atoms with van der Waals surface area (Å²) >= 11 is 0. The Morgan fingerprint density at radius 1 is 0.978 bits per heavy atom. The summed E-state index contributed by atoms with van der Waals surface area (Å²) < 4.78 is 5.52. The Morgan fingerprint density at radius 3 is 2.27 bits per heavy atom. The molecule has 0 radical (unpaired) electrons. The summed E-state index contributed by atoms with van der Waals surface area (Å²) in [5.74, 6) is 0. The van der Waals surface area contributed by atoms with Gasteiger partial charge in [-0.25, -0.2) is 0 Å². The Balaban J connectivity index is 1.45. The Bertz CT molecular complexity index is 1470. The highest BCUT2D eigenvalue weighted by Gasteiger charge is 2.28. The van der Waals surface area contributed by atoms with Crippen molar-refractivity contribution in [2.45, 2.75) is 84.8 Å². The van der Waals surface area contributed by atoms with Crippen molar-refractivity contribution in [3.05, 3.63) is 86.3 Å². The molecule has 3 N–H and O–H groups in total. The largest absolute Gasteiger partial charge is 0.379 e. The molecule has 1 aromatic heterocycles. The first kappa shape index (κ1) is 33.4. The van der Waals surface area contributed by atoms with Gasteiger partial charge >= 0.3 is 0 Å². The van der Waals surface area contributed by atoms with E-state index in [9.17, 15) is 9.90 Å². The van der Waals surface area contributed by atoms with Crippen LogP contribution in [0.25, 0.3) is 11.1 Å². The van der Waals surface area contributed by atoms with Gasteiger partial charge in [0.15, 0.2) is 0 Å². The third-order valence-electron chi connectivity index (χ3n) is 9.97. The second-order valence-electron chi connectivity index (χ2n) is 13.2. The van der Waals surface area contributed by atoms with Crippen molar-refractivity contribution in [3.8, 4) is 11.1 Å². The second kappa shape index (κ2) is 15.1. The lowest BCUT2D eigenvalue weighted by molar-refractivity contribution is 0.0342. The molecule has 244 valence electrons. The van der Waals surface area contributed by atoms with Gasteiger partial charge in [-0.05, 0) is 113 Å². The van der Waals surface area contributed by atoms with Gasteiger partial charge in [0.2, 0.25) is 0 Å². The first-order valence-corrected chi connectivity index (χ1v) is 16.7. The maximum absolute atomic E-state index is 12.7. The van der Waals surface area contributed by atoms with Crippen LogP contribution in [0.5, 0.6) is 0 Å². The third kappa shape index (κ3) is 8.05. The van der Waals surface area contributed by atoms with Gasteiger partial charge in [-0.1, -0.05) is 24.3 Å². The van der Waals surface area contributed by atoms with E-state index in [1.807, 2.05) is 19.9 Å². The van der Waals surface area contributed by atoms with E-state index in [0.29, 0.717) is 17.6 Å². The molecule has 5 rings (SSSR count). The molecule has 3 aromatic rings. The van der Waals surface area contributed by atoms with Gasteiger partial charge in [0.25, 0.3) is 5.56 Å². The van der Waals surface area contributed by atoms with Crippen molar-refractivity contribution in [1.29, 1.82) is 0 Å². The number of aromatic nitrogens is 1. The Labute approximate surface area is 269 Å². The molecule has 8 nitrogen and oxygen atoms in total. The fourth-order valence-electron chi connectivity index (χ4n) is 7.21. The molecule has 2 heterocycles. The number of aliphatic hydroxyl groups excluding tert-OH is 1. The van der Waals surface area contributed by atoms with Crippen LogP contribution in [-0.2, 0) is 17.8 Å². The highest BCUT2D eigenvalue weighted by atomic mass is 16.5. The van der Waals surface area contributed by atoms with Crippen LogP contribution in [0.4, 0.5) is 5.69 Å². The molecule has 1 aliphatic heterocycles. The van der Waals surface area contributed by atoms with Crippen LogP contribution in [0.2, 0.25) is 0 Å². The van der Waals surface area contributed by atoms with E-state index in [1.165, 1.54) is 24.1 Å². The highest BCUT2D eigenvalue weighted by Crippen LogP contribution is 2.37. The van der Waals surface area contributed by atoms with E-state index in [1.54, 1.807) is 0 Å². The fourth-order valence-corrected chi connectivity index (χ4v) is 7.21. The van der Waals surface area contributed by atoms with E-state index in [2.05, 4.69) is 89.3 Å². The Morgan fingerprint density at radius 2 is 1.64 bits per heavy atom. The summed E-state index contributed by atoms with van der Waals surface area (Å²) in [5, 5.41) is 14.9. The van der Waals surface area contributed by atoms with Crippen molar-refractivity contribution in [2.24, 2.45) is 0 Å². The molecule has 45 heavy (non-hydrogen) atoms. The van der Waals surface area contributed by atoms with Crippen LogP contribution < -0.4 is 15.8 Å². The number of hydrogen-bond donors (Lipinski definition) is 3. The highest BCUT2D eigenvalue weighted by molar-refractivity contribution is 5.73. The van der Waals surface area contributed by atoms with Crippen molar-refractivity contribution >= 4 is 5.69 Å². The third-order valence-corrected chi connectivity index (χ3v) is 9.97. The topological polar surface area (TPSA) is 84.1 Å². The lowest BCUT2D eigenvalue weighted by atomic mass is 9.88. The predicted octanol–water partition coefficient (Wildman–Crippen LogP) is 5.28. The summed E-state index contributed by atoms with van der Waals surface area (Å²) in [6.07, 6.45) is 3.77. The van der Waals surface area contributed by atoms with Crippen LogP contribution in [0.1, 0.15) is 72.3 Å². The quantitative estimate of drug-likeness (QED) is 0.253. The molecule has 1 saturated carbocycles. The number of nitrogens with one attached hydrogen (secondary N) is 2.